The highest BCUT2D eigenvalue weighted by molar-refractivity contribution is 5.71. The number of ether oxygens (including phenoxy) is 3. The Morgan fingerprint density at radius 3 is 1.26 bits per heavy atom. The maximum absolute atomic E-state index is 12.7. The predicted molar refractivity (Wildman–Crippen MR) is 260 cm³/mol. The summed E-state index contributed by atoms with van der Waals surface area (Å²) in [6, 6.07) is 0. The van der Waals surface area contributed by atoms with Gasteiger partial charge in [-0.1, -0.05) is 212 Å². The average Bonchev–Trinajstić information content (AvgIpc) is 3.26. The minimum absolute atomic E-state index is 0.123. The van der Waals surface area contributed by atoms with Crippen LogP contribution in [-0.2, 0) is 28.6 Å². The van der Waals surface area contributed by atoms with E-state index in [1.54, 1.807) is 0 Å². The second-order valence-corrected chi connectivity index (χ2v) is 15.0. The van der Waals surface area contributed by atoms with Gasteiger partial charge in [-0.25, -0.2) is 0 Å². The van der Waals surface area contributed by atoms with Crippen LogP contribution in [0.3, 0.4) is 0 Å². The van der Waals surface area contributed by atoms with E-state index in [-0.39, 0.29) is 44.0 Å². The van der Waals surface area contributed by atoms with Crippen LogP contribution in [0.15, 0.2) is 134 Å². The van der Waals surface area contributed by atoms with Crippen molar-refractivity contribution in [3.8, 4) is 0 Å². The zero-order chi connectivity index (χ0) is 44.4. The molecular weight excluding hydrogens is 757 g/mol. The number of hydrogen-bond donors (Lipinski definition) is 0. The van der Waals surface area contributed by atoms with Crippen molar-refractivity contribution < 1.29 is 28.6 Å². The molecule has 61 heavy (non-hydrogen) atoms. The second-order valence-electron chi connectivity index (χ2n) is 15.0. The van der Waals surface area contributed by atoms with E-state index in [1.807, 2.05) is 60.8 Å². The Balaban J connectivity index is 4.58. The van der Waals surface area contributed by atoms with Crippen LogP contribution in [0, 0.1) is 0 Å². The average molecular weight is 841 g/mol. The Bertz CT molecular complexity index is 1380. The van der Waals surface area contributed by atoms with Gasteiger partial charge >= 0.3 is 17.9 Å². The van der Waals surface area contributed by atoms with Crippen molar-refractivity contribution in [1.29, 1.82) is 0 Å². The molecule has 0 aliphatic carbocycles. The first-order valence-electron chi connectivity index (χ1n) is 23.8. The quantitative estimate of drug-likeness (QED) is 0.0201. The van der Waals surface area contributed by atoms with Crippen molar-refractivity contribution in [2.45, 2.75) is 181 Å². The van der Waals surface area contributed by atoms with Gasteiger partial charge in [0.05, 0.1) is 0 Å². The number of carbonyl (C=O) groups excluding carboxylic acids is 3. The number of unbranched alkanes of at least 4 members (excludes halogenated alkanes) is 11. The Labute approximate surface area is 373 Å². The van der Waals surface area contributed by atoms with Crippen LogP contribution in [-0.4, -0.2) is 37.2 Å². The maximum atomic E-state index is 12.7. The molecule has 0 aromatic heterocycles. The van der Waals surface area contributed by atoms with E-state index in [2.05, 4.69) is 93.7 Å². The Kier molecular flexibility index (Phi) is 44.7. The van der Waals surface area contributed by atoms with E-state index >= 15 is 0 Å². The first kappa shape index (κ1) is 56.5. The van der Waals surface area contributed by atoms with Gasteiger partial charge in [0.2, 0.25) is 0 Å². The van der Waals surface area contributed by atoms with E-state index in [0.29, 0.717) is 19.3 Å². The fourth-order valence-corrected chi connectivity index (χ4v) is 5.78. The summed E-state index contributed by atoms with van der Waals surface area (Å²) in [5, 5.41) is 0. The highest BCUT2D eigenvalue weighted by Gasteiger charge is 2.19. The molecule has 0 amide bonds. The van der Waals surface area contributed by atoms with Gasteiger partial charge in [0.25, 0.3) is 0 Å². The Morgan fingerprint density at radius 1 is 0.361 bits per heavy atom. The summed E-state index contributed by atoms with van der Waals surface area (Å²) in [4.78, 5) is 37.8. The highest BCUT2D eigenvalue weighted by atomic mass is 16.6. The zero-order valence-electron chi connectivity index (χ0n) is 38.6. The van der Waals surface area contributed by atoms with Crippen LogP contribution in [0.2, 0.25) is 0 Å². The fraction of sp³-hybridized carbons (Fsp3) is 0.545. The molecule has 0 bridgehead atoms. The predicted octanol–water partition coefficient (Wildman–Crippen LogP) is 15.5. The van der Waals surface area contributed by atoms with Crippen molar-refractivity contribution in [2.24, 2.45) is 0 Å². The van der Waals surface area contributed by atoms with Crippen LogP contribution in [0.25, 0.3) is 0 Å². The number of allylic oxidation sites excluding steroid dienone is 22. The third-order valence-electron chi connectivity index (χ3n) is 9.29. The molecule has 1 unspecified atom stereocenters. The molecule has 1 atom stereocenters. The smallest absolute Gasteiger partial charge is 0.306 e. The van der Waals surface area contributed by atoms with E-state index < -0.39 is 6.10 Å². The first-order chi connectivity index (χ1) is 30.0. The topological polar surface area (TPSA) is 78.9 Å². The third-order valence-corrected chi connectivity index (χ3v) is 9.29. The molecule has 0 aromatic rings. The largest absolute Gasteiger partial charge is 0.462 e. The summed E-state index contributed by atoms with van der Waals surface area (Å²) >= 11 is 0. The molecule has 340 valence electrons. The normalized spacial score (nSPS) is 13.3. The summed E-state index contributed by atoms with van der Waals surface area (Å²) in [5.41, 5.74) is 0. The minimum atomic E-state index is -0.832. The lowest BCUT2D eigenvalue weighted by molar-refractivity contribution is -0.166. The van der Waals surface area contributed by atoms with Gasteiger partial charge in [-0.3, -0.25) is 14.4 Å². The van der Waals surface area contributed by atoms with E-state index in [1.165, 1.54) is 38.5 Å². The highest BCUT2D eigenvalue weighted by Crippen LogP contribution is 2.12. The molecule has 0 aliphatic rings. The standard InChI is InChI=1S/C55H84O6/c1-4-7-10-13-16-19-21-23-25-26-27-28-30-31-33-36-39-42-45-48-54(57)60-51-52(50-59-53(56)47-44-41-38-35-18-15-12-9-6-3)61-55(58)49-46-43-40-37-34-32-29-24-22-20-17-14-11-8-5-2/h7-8,10-11,14,16-17,19-20,22-25,27-29,31-34,39,42,52H,4-6,9,12-13,15,18,21,26,30,35-38,40-41,43-51H2,1-3H3/b10-7-,11-8-,17-14-,19-16-,22-20-,25-23-,28-27-,29-24-,33-31-,34-32-,42-39-. The molecule has 6 heteroatoms. The van der Waals surface area contributed by atoms with Gasteiger partial charge in [0, 0.05) is 19.3 Å². The number of carbonyl (C=O) groups is 3. The van der Waals surface area contributed by atoms with Gasteiger partial charge in [-0.05, 0) is 77.0 Å². The molecule has 0 saturated heterocycles. The summed E-state index contributed by atoms with van der Waals surface area (Å²) in [7, 11) is 0. The SMILES string of the molecule is CC\C=C/C=C\C=C/C=C\C=C/CCCCCC(=O)OC(COC(=O)CC/C=C\C/C=C\C/C=C\C/C=C\C/C=C\C/C=C\CC)COC(=O)CCCCCCCCCCC. The molecule has 0 spiro atoms. The van der Waals surface area contributed by atoms with E-state index in [4.69, 9.17) is 14.2 Å². The van der Waals surface area contributed by atoms with Crippen molar-refractivity contribution in [2.75, 3.05) is 13.2 Å². The second kappa shape index (κ2) is 48.2. The van der Waals surface area contributed by atoms with Gasteiger partial charge < -0.3 is 14.2 Å². The summed E-state index contributed by atoms with van der Waals surface area (Å²) in [5.74, 6) is -1.07. The fourth-order valence-electron chi connectivity index (χ4n) is 5.78. The molecular formula is C55H84O6. The van der Waals surface area contributed by atoms with Crippen molar-refractivity contribution in [3.05, 3.63) is 134 Å². The molecule has 0 heterocycles. The molecule has 0 radical (unpaired) electrons. The number of esters is 3. The zero-order valence-corrected chi connectivity index (χ0v) is 38.6. The Morgan fingerprint density at radius 2 is 0.754 bits per heavy atom. The van der Waals surface area contributed by atoms with Crippen molar-refractivity contribution in [3.63, 3.8) is 0 Å². The maximum Gasteiger partial charge on any atom is 0.306 e. The summed E-state index contributed by atoms with van der Waals surface area (Å²) in [6.45, 7) is 6.22. The van der Waals surface area contributed by atoms with Gasteiger partial charge in [0.15, 0.2) is 6.10 Å². The molecule has 6 nitrogen and oxygen atoms in total. The molecule has 0 rings (SSSR count). The van der Waals surface area contributed by atoms with Crippen LogP contribution < -0.4 is 0 Å². The van der Waals surface area contributed by atoms with Gasteiger partial charge in [-0.2, -0.15) is 0 Å². The summed E-state index contributed by atoms with van der Waals surface area (Å²) < 4.78 is 16.6. The molecule has 0 N–H and O–H groups in total. The monoisotopic (exact) mass is 841 g/mol. The third kappa shape index (κ3) is 46.5. The number of rotatable bonds is 40. The molecule has 0 aliphatic heterocycles. The van der Waals surface area contributed by atoms with Crippen molar-refractivity contribution in [1.82, 2.24) is 0 Å². The van der Waals surface area contributed by atoms with E-state index in [9.17, 15) is 14.4 Å². The van der Waals surface area contributed by atoms with Gasteiger partial charge in [-0.15, -0.1) is 0 Å². The Hall–Kier alpha value is -4.45. The minimum Gasteiger partial charge on any atom is -0.462 e. The van der Waals surface area contributed by atoms with Crippen LogP contribution >= 0.6 is 0 Å². The van der Waals surface area contributed by atoms with E-state index in [0.717, 1.165) is 83.5 Å². The lowest BCUT2D eigenvalue weighted by Crippen LogP contribution is -2.30. The number of hydrogen-bond acceptors (Lipinski definition) is 6. The lowest BCUT2D eigenvalue weighted by atomic mass is 10.1. The molecule has 0 fully saturated rings. The first-order valence-corrected chi connectivity index (χ1v) is 23.8. The van der Waals surface area contributed by atoms with Crippen LogP contribution in [0.4, 0.5) is 0 Å². The van der Waals surface area contributed by atoms with Crippen LogP contribution in [0.5, 0.6) is 0 Å². The molecule has 0 saturated carbocycles. The van der Waals surface area contributed by atoms with Gasteiger partial charge in [0.1, 0.15) is 13.2 Å². The summed E-state index contributed by atoms with van der Waals surface area (Å²) in [6.07, 6.45) is 67.3. The van der Waals surface area contributed by atoms with Crippen molar-refractivity contribution >= 4 is 17.9 Å². The molecule has 0 aromatic carbocycles. The lowest BCUT2D eigenvalue weighted by Gasteiger charge is -2.18. The van der Waals surface area contributed by atoms with Crippen LogP contribution in [0.1, 0.15) is 175 Å².